The number of carbonyl (C=O) groups excluding carboxylic acids is 2. The molecule has 1 aliphatic rings. The van der Waals surface area contributed by atoms with Crippen molar-refractivity contribution in [3.63, 3.8) is 0 Å². The van der Waals surface area contributed by atoms with Gasteiger partial charge in [0.1, 0.15) is 5.92 Å². The second-order valence-electron chi connectivity index (χ2n) is 3.62. The Labute approximate surface area is 92.6 Å². The van der Waals surface area contributed by atoms with Gasteiger partial charge in [-0.3, -0.25) is 9.59 Å². The van der Waals surface area contributed by atoms with Gasteiger partial charge < -0.3 is 4.90 Å². The van der Waals surface area contributed by atoms with Crippen LogP contribution in [0.1, 0.15) is 11.5 Å². The van der Waals surface area contributed by atoms with Crippen LogP contribution in [-0.2, 0) is 9.59 Å². The van der Waals surface area contributed by atoms with E-state index in [4.69, 9.17) is 11.6 Å². The average Bonchev–Trinajstić information content (AvgIpc) is 2.43. The second-order valence-corrected chi connectivity index (χ2v) is 4.02. The molecule has 3 nitrogen and oxygen atoms in total. The van der Waals surface area contributed by atoms with Crippen LogP contribution in [0.15, 0.2) is 24.3 Å². The van der Waals surface area contributed by atoms with E-state index in [0.717, 1.165) is 0 Å². The van der Waals surface area contributed by atoms with Crippen molar-refractivity contribution in [1.82, 2.24) is 4.90 Å². The molecule has 1 aromatic carbocycles. The van der Waals surface area contributed by atoms with Crippen LogP contribution >= 0.6 is 11.6 Å². The number of carbonyl (C=O) groups is 2. The minimum absolute atomic E-state index is 0.0874. The van der Waals surface area contributed by atoms with Crippen molar-refractivity contribution in [3.8, 4) is 0 Å². The fraction of sp³-hybridized carbons (Fsp3) is 0.273. The maximum absolute atomic E-state index is 11.7. The van der Waals surface area contributed by atoms with Crippen molar-refractivity contribution < 1.29 is 9.59 Å². The van der Waals surface area contributed by atoms with E-state index in [1.807, 2.05) is 0 Å². The second kappa shape index (κ2) is 3.66. The first-order valence-corrected chi connectivity index (χ1v) is 5.01. The van der Waals surface area contributed by atoms with Crippen molar-refractivity contribution >= 4 is 23.3 Å². The lowest BCUT2D eigenvalue weighted by Crippen LogP contribution is -2.21. The van der Waals surface area contributed by atoms with E-state index >= 15 is 0 Å². The Kier molecular flexibility index (Phi) is 2.49. The van der Waals surface area contributed by atoms with Gasteiger partial charge in [-0.25, -0.2) is 0 Å². The van der Waals surface area contributed by atoms with Crippen molar-refractivity contribution in [3.05, 3.63) is 34.9 Å². The third kappa shape index (κ3) is 1.63. The summed E-state index contributed by atoms with van der Waals surface area (Å²) in [7, 11) is 1.62. The highest BCUT2D eigenvalue weighted by molar-refractivity contribution is 6.32. The maximum Gasteiger partial charge on any atom is 0.237 e. The molecular weight excluding hydrogens is 214 g/mol. The smallest absolute Gasteiger partial charge is 0.237 e. The van der Waals surface area contributed by atoms with Gasteiger partial charge in [0.2, 0.25) is 5.91 Å². The van der Waals surface area contributed by atoms with E-state index in [1.54, 1.807) is 31.3 Å². The first-order valence-electron chi connectivity index (χ1n) is 4.63. The molecule has 1 heterocycles. The van der Waals surface area contributed by atoms with E-state index in [1.165, 1.54) is 4.90 Å². The highest BCUT2D eigenvalue weighted by Gasteiger charge is 2.39. The van der Waals surface area contributed by atoms with Gasteiger partial charge in [0.25, 0.3) is 0 Å². The number of amides is 1. The van der Waals surface area contributed by atoms with Crippen molar-refractivity contribution in [2.75, 3.05) is 13.6 Å². The zero-order chi connectivity index (χ0) is 11.0. The zero-order valence-corrected chi connectivity index (χ0v) is 8.99. The largest absolute Gasteiger partial charge is 0.337 e. The predicted molar refractivity (Wildman–Crippen MR) is 56.8 cm³/mol. The summed E-state index contributed by atoms with van der Waals surface area (Å²) in [6.45, 7) is 0.175. The summed E-state index contributed by atoms with van der Waals surface area (Å²) < 4.78 is 0. The molecule has 78 valence electrons. The van der Waals surface area contributed by atoms with E-state index in [2.05, 4.69) is 0 Å². The van der Waals surface area contributed by atoms with E-state index in [0.29, 0.717) is 10.6 Å². The third-order valence-corrected chi connectivity index (χ3v) is 2.90. The summed E-state index contributed by atoms with van der Waals surface area (Å²) in [6.07, 6.45) is 0. The Morgan fingerprint density at radius 2 is 2.00 bits per heavy atom. The number of rotatable bonds is 1. The predicted octanol–water partition coefficient (Wildman–Crippen LogP) is 1.46. The molecule has 0 saturated carbocycles. The van der Waals surface area contributed by atoms with E-state index in [-0.39, 0.29) is 18.2 Å². The van der Waals surface area contributed by atoms with E-state index < -0.39 is 5.92 Å². The number of likely N-dealkylation sites (N-methyl/N-ethyl adjacent to an activating group) is 1. The summed E-state index contributed by atoms with van der Waals surface area (Å²) in [5, 5.41) is 0.472. The molecule has 1 amide bonds. The third-order valence-electron chi connectivity index (χ3n) is 2.55. The van der Waals surface area contributed by atoms with Gasteiger partial charge in [-0.1, -0.05) is 29.8 Å². The summed E-state index contributed by atoms with van der Waals surface area (Å²) in [6, 6.07) is 6.97. The first-order chi connectivity index (χ1) is 7.11. The summed E-state index contributed by atoms with van der Waals surface area (Å²) in [4.78, 5) is 24.8. The fourth-order valence-electron chi connectivity index (χ4n) is 1.78. The maximum atomic E-state index is 11.7. The highest BCUT2D eigenvalue weighted by atomic mass is 35.5. The Bertz CT molecular complexity index is 430. The van der Waals surface area contributed by atoms with Crippen LogP contribution in [0.25, 0.3) is 0 Å². The number of ketones is 1. The number of likely N-dealkylation sites (tertiary alicyclic amines) is 1. The van der Waals surface area contributed by atoms with E-state index in [9.17, 15) is 9.59 Å². The lowest BCUT2D eigenvalue weighted by atomic mass is 9.97. The highest BCUT2D eigenvalue weighted by Crippen LogP contribution is 2.30. The molecule has 0 radical (unpaired) electrons. The van der Waals surface area contributed by atoms with Crippen molar-refractivity contribution in [1.29, 1.82) is 0 Å². The van der Waals surface area contributed by atoms with Crippen LogP contribution < -0.4 is 0 Å². The van der Waals surface area contributed by atoms with Crippen LogP contribution in [0.3, 0.4) is 0 Å². The number of Topliss-reactive ketones (excluding diaryl/α,β-unsaturated/α-hetero) is 1. The minimum Gasteiger partial charge on any atom is -0.337 e. The van der Waals surface area contributed by atoms with Crippen molar-refractivity contribution in [2.45, 2.75) is 5.92 Å². The van der Waals surface area contributed by atoms with Gasteiger partial charge in [-0.2, -0.15) is 0 Å². The summed E-state index contributed by atoms with van der Waals surface area (Å²) in [5.74, 6) is -0.965. The van der Waals surface area contributed by atoms with Gasteiger partial charge in [-0.15, -0.1) is 0 Å². The van der Waals surface area contributed by atoms with Gasteiger partial charge in [0, 0.05) is 12.1 Å². The molecule has 0 aliphatic carbocycles. The molecule has 1 saturated heterocycles. The summed E-state index contributed by atoms with van der Waals surface area (Å²) in [5.41, 5.74) is 0.610. The molecule has 15 heavy (non-hydrogen) atoms. The number of nitrogens with zero attached hydrogens (tertiary/aromatic N) is 1. The topological polar surface area (TPSA) is 37.4 Å². The molecule has 2 rings (SSSR count). The molecule has 1 aliphatic heterocycles. The molecule has 1 fully saturated rings. The van der Waals surface area contributed by atoms with Gasteiger partial charge in [0.15, 0.2) is 5.78 Å². The molecule has 0 aromatic heterocycles. The Balaban J connectivity index is 2.44. The molecule has 1 unspecified atom stereocenters. The lowest BCUT2D eigenvalue weighted by molar-refractivity contribution is -0.128. The molecule has 0 spiro atoms. The monoisotopic (exact) mass is 223 g/mol. The van der Waals surface area contributed by atoms with Gasteiger partial charge in [0.05, 0.1) is 6.54 Å². The fourth-order valence-corrected chi connectivity index (χ4v) is 2.02. The average molecular weight is 224 g/mol. The normalized spacial score (nSPS) is 21.2. The molecule has 1 aromatic rings. The Morgan fingerprint density at radius 1 is 1.33 bits per heavy atom. The lowest BCUT2D eigenvalue weighted by Gasteiger charge is -2.10. The van der Waals surface area contributed by atoms with Crippen LogP contribution in [0.2, 0.25) is 5.02 Å². The van der Waals surface area contributed by atoms with Crippen LogP contribution in [-0.4, -0.2) is 30.2 Å². The number of benzene rings is 1. The van der Waals surface area contributed by atoms with Gasteiger partial charge in [-0.05, 0) is 11.6 Å². The van der Waals surface area contributed by atoms with Crippen LogP contribution in [0.5, 0.6) is 0 Å². The summed E-state index contributed by atoms with van der Waals surface area (Å²) >= 11 is 5.96. The number of hydrogen-bond donors (Lipinski definition) is 0. The first kappa shape index (κ1) is 10.2. The molecule has 0 N–H and O–H groups in total. The Hall–Kier alpha value is -1.35. The number of halogens is 1. The SMILES string of the molecule is CN1CC(=O)C(c2ccccc2Cl)C1=O. The number of hydrogen-bond acceptors (Lipinski definition) is 2. The quantitative estimate of drug-likeness (QED) is 0.676. The van der Waals surface area contributed by atoms with Gasteiger partial charge >= 0.3 is 0 Å². The zero-order valence-electron chi connectivity index (χ0n) is 8.24. The van der Waals surface area contributed by atoms with Crippen LogP contribution in [0, 0.1) is 0 Å². The minimum atomic E-state index is -0.705. The van der Waals surface area contributed by atoms with Crippen molar-refractivity contribution in [2.24, 2.45) is 0 Å². The molecule has 4 heteroatoms. The molecule has 0 bridgehead atoms. The molecule has 1 atom stereocenters. The van der Waals surface area contributed by atoms with Crippen LogP contribution in [0.4, 0.5) is 0 Å². The Morgan fingerprint density at radius 3 is 2.53 bits per heavy atom. The standard InChI is InChI=1S/C11H10ClNO2/c1-13-6-9(14)10(11(13)15)7-4-2-3-5-8(7)12/h2-5,10H,6H2,1H3. The molecular formula is C11H10ClNO2.